The Bertz CT molecular complexity index is 606. The smallest absolute Gasteiger partial charge is 0.108 e. The number of rotatable bonds is 5. The molecule has 0 radical (unpaired) electrons. The van der Waals surface area contributed by atoms with Crippen LogP contribution in [-0.4, -0.2) is 39.7 Å². The first kappa shape index (κ1) is 15.3. The lowest BCUT2D eigenvalue weighted by atomic mass is 9.94. The van der Waals surface area contributed by atoms with Crippen molar-refractivity contribution in [3.63, 3.8) is 0 Å². The summed E-state index contributed by atoms with van der Waals surface area (Å²) in [6, 6.07) is 9.92. The van der Waals surface area contributed by atoms with Crippen LogP contribution in [0.5, 0.6) is 0 Å². The molecule has 2 heterocycles. The van der Waals surface area contributed by atoms with E-state index >= 15 is 0 Å². The normalized spacial score (nSPS) is 20.6. The van der Waals surface area contributed by atoms with Gasteiger partial charge in [0.1, 0.15) is 5.82 Å². The van der Waals surface area contributed by atoms with E-state index in [2.05, 4.69) is 27.7 Å². The summed E-state index contributed by atoms with van der Waals surface area (Å²) in [7, 11) is 2.10. The van der Waals surface area contributed by atoms with E-state index in [1.54, 1.807) is 0 Å². The minimum absolute atomic E-state index is 0.623. The van der Waals surface area contributed by atoms with Crippen molar-refractivity contribution >= 4 is 0 Å². The van der Waals surface area contributed by atoms with Gasteiger partial charge in [0.05, 0.1) is 5.60 Å². The molecule has 1 N–H and O–H groups in total. The molecule has 2 atom stereocenters. The van der Waals surface area contributed by atoms with Gasteiger partial charge >= 0.3 is 0 Å². The summed E-state index contributed by atoms with van der Waals surface area (Å²) in [6.45, 7) is 4.58. The molecule has 1 aromatic carbocycles. The van der Waals surface area contributed by atoms with Crippen molar-refractivity contribution in [3.8, 4) is 0 Å². The maximum atomic E-state index is 10.8. The fraction of sp³-hybridized carbons (Fsp3) is 0.500. The van der Waals surface area contributed by atoms with E-state index in [1.165, 1.54) is 12.2 Å². The van der Waals surface area contributed by atoms with Crippen molar-refractivity contribution in [1.82, 2.24) is 14.5 Å². The van der Waals surface area contributed by atoms with Crippen LogP contribution < -0.4 is 0 Å². The van der Waals surface area contributed by atoms with Gasteiger partial charge in [-0.05, 0) is 31.9 Å². The lowest BCUT2D eigenvalue weighted by molar-refractivity contribution is 0.0180. The summed E-state index contributed by atoms with van der Waals surface area (Å²) >= 11 is 0. The zero-order chi connectivity index (χ0) is 15.6. The van der Waals surface area contributed by atoms with E-state index in [0.717, 1.165) is 25.1 Å². The first-order valence-corrected chi connectivity index (χ1v) is 8.01. The van der Waals surface area contributed by atoms with E-state index < -0.39 is 5.60 Å². The zero-order valence-corrected chi connectivity index (χ0v) is 13.4. The highest BCUT2D eigenvalue weighted by Crippen LogP contribution is 2.23. The standard InChI is InChI=1S/C18H25N3O/c1-18(22,16-6-4-3-5-7-16)14-20(2)12-15-8-9-17-19-10-11-21(17)13-15/h3-7,10-11,15,22H,8-9,12-14H2,1-2H3/t15-,18-/m1/s1. The summed E-state index contributed by atoms with van der Waals surface area (Å²) in [4.78, 5) is 6.63. The average molecular weight is 299 g/mol. The average Bonchev–Trinajstić information content (AvgIpc) is 2.95. The Kier molecular flexibility index (Phi) is 4.32. The lowest BCUT2D eigenvalue weighted by Gasteiger charge is -2.33. The van der Waals surface area contributed by atoms with Crippen molar-refractivity contribution in [1.29, 1.82) is 0 Å². The fourth-order valence-electron chi connectivity index (χ4n) is 3.51. The number of imidazole rings is 1. The quantitative estimate of drug-likeness (QED) is 0.921. The third-order valence-electron chi connectivity index (χ3n) is 4.58. The number of fused-ring (bicyclic) bond motifs is 1. The number of hydrogen-bond acceptors (Lipinski definition) is 3. The van der Waals surface area contributed by atoms with Gasteiger partial charge in [0, 0.05) is 38.4 Å². The van der Waals surface area contributed by atoms with Crippen molar-refractivity contribution in [2.24, 2.45) is 5.92 Å². The molecule has 0 saturated carbocycles. The molecule has 0 fully saturated rings. The van der Waals surface area contributed by atoms with Gasteiger partial charge in [0.15, 0.2) is 0 Å². The van der Waals surface area contributed by atoms with E-state index in [0.29, 0.717) is 12.5 Å². The molecule has 0 bridgehead atoms. The predicted molar refractivity (Wildman–Crippen MR) is 87.5 cm³/mol. The molecular formula is C18H25N3O. The molecule has 1 aliphatic heterocycles. The van der Waals surface area contributed by atoms with Gasteiger partial charge in [-0.3, -0.25) is 0 Å². The highest BCUT2D eigenvalue weighted by molar-refractivity contribution is 5.21. The summed E-state index contributed by atoms with van der Waals surface area (Å²) in [5.41, 5.74) is 0.160. The maximum Gasteiger partial charge on any atom is 0.108 e. The van der Waals surface area contributed by atoms with Gasteiger partial charge in [-0.2, -0.15) is 0 Å². The molecule has 0 aliphatic carbocycles. The second kappa shape index (κ2) is 6.23. The minimum Gasteiger partial charge on any atom is -0.384 e. The van der Waals surface area contributed by atoms with Crippen LogP contribution in [-0.2, 0) is 18.6 Å². The molecule has 0 spiro atoms. The van der Waals surface area contributed by atoms with Gasteiger partial charge < -0.3 is 14.6 Å². The van der Waals surface area contributed by atoms with Crippen LogP contribution in [0.4, 0.5) is 0 Å². The predicted octanol–water partition coefficient (Wildman–Crippen LogP) is 2.29. The molecule has 0 saturated heterocycles. The molecule has 2 aromatic rings. The summed E-state index contributed by atoms with van der Waals surface area (Å²) in [5, 5.41) is 10.8. The Morgan fingerprint density at radius 1 is 1.36 bits per heavy atom. The Labute approximate surface area is 132 Å². The monoisotopic (exact) mass is 299 g/mol. The zero-order valence-electron chi connectivity index (χ0n) is 13.4. The molecule has 4 heteroatoms. The Morgan fingerprint density at radius 2 is 2.14 bits per heavy atom. The van der Waals surface area contributed by atoms with Crippen LogP contribution in [0.3, 0.4) is 0 Å². The van der Waals surface area contributed by atoms with Gasteiger partial charge in [0.2, 0.25) is 0 Å². The first-order valence-electron chi connectivity index (χ1n) is 8.01. The van der Waals surface area contributed by atoms with Crippen LogP contribution in [0, 0.1) is 5.92 Å². The second-order valence-corrected chi connectivity index (χ2v) is 6.74. The minimum atomic E-state index is -0.815. The van der Waals surface area contributed by atoms with Gasteiger partial charge in [-0.1, -0.05) is 30.3 Å². The fourth-order valence-corrected chi connectivity index (χ4v) is 3.51. The number of aromatic nitrogens is 2. The number of likely N-dealkylation sites (N-methyl/N-ethyl adjacent to an activating group) is 1. The summed E-state index contributed by atoms with van der Waals surface area (Å²) in [5.74, 6) is 1.83. The van der Waals surface area contributed by atoms with Crippen molar-refractivity contribution in [2.75, 3.05) is 20.1 Å². The van der Waals surface area contributed by atoms with Gasteiger partial charge in [0.25, 0.3) is 0 Å². The third-order valence-corrected chi connectivity index (χ3v) is 4.58. The van der Waals surface area contributed by atoms with Crippen LogP contribution in [0.25, 0.3) is 0 Å². The SMILES string of the molecule is CN(C[C@H]1CCc2nccn2C1)C[C@@](C)(O)c1ccccc1. The Balaban J connectivity index is 1.58. The van der Waals surface area contributed by atoms with Crippen LogP contribution in [0.1, 0.15) is 24.7 Å². The third kappa shape index (κ3) is 3.39. The number of benzene rings is 1. The maximum absolute atomic E-state index is 10.8. The summed E-state index contributed by atoms with van der Waals surface area (Å²) in [6.07, 6.45) is 6.19. The lowest BCUT2D eigenvalue weighted by Crippen LogP contribution is -2.40. The van der Waals surface area contributed by atoms with Crippen LogP contribution in [0.2, 0.25) is 0 Å². The van der Waals surface area contributed by atoms with Crippen LogP contribution in [0.15, 0.2) is 42.7 Å². The molecular weight excluding hydrogens is 274 g/mol. The highest BCUT2D eigenvalue weighted by atomic mass is 16.3. The van der Waals surface area contributed by atoms with Crippen LogP contribution >= 0.6 is 0 Å². The highest BCUT2D eigenvalue weighted by Gasteiger charge is 2.27. The number of nitrogens with zero attached hydrogens (tertiary/aromatic N) is 3. The van der Waals surface area contributed by atoms with E-state index in [9.17, 15) is 5.11 Å². The summed E-state index contributed by atoms with van der Waals surface area (Å²) < 4.78 is 2.26. The number of aryl methyl sites for hydroxylation is 1. The molecule has 118 valence electrons. The molecule has 1 aromatic heterocycles. The topological polar surface area (TPSA) is 41.3 Å². The van der Waals surface area contributed by atoms with E-state index in [-0.39, 0.29) is 0 Å². The molecule has 4 nitrogen and oxygen atoms in total. The van der Waals surface area contributed by atoms with Crippen molar-refractivity contribution in [3.05, 3.63) is 54.1 Å². The van der Waals surface area contributed by atoms with Gasteiger partial charge in [-0.25, -0.2) is 4.98 Å². The first-order chi connectivity index (χ1) is 10.5. The number of hydrogen-bond donors (Lipinski definition) is 1. The van der Waals surface area contributed by atoms with Crippen molar-refractivity contribution in [2.45, 2.75) is 31.9 Å². The molecule has 1 aliphatic rings. The molecule has 0 unspecified atom stereocenters. The number of aliphatic hydroxyl groups is 1. The van der Waals surface area contributed by atoms with Crippen molar-refractivity contribution < 1.29 is 5.11 Å². The van der Waals surface area contributed by atoms with Gasteiger partial charge in [-0.15, -0.1) is 0 Å². The second-order valence-electron chi connectivity index (χ2n) is 6.74. The molecule has 22 heavy (non-hydrogen) atoms. The Hall–Kier alpha value is -1.65. The molecule has 0 amide bonds. The largest absolute Gasteiger partial charge is 0.384 e. The van der Waals surface area contributed by atoms with E-state index in [1.807, 2.05) is 43.5 Å². The molecule has 3 rings (SSSR count). The van der Waals surface area contributed by atoms with E-state index in [4.69, 9.17) is 0 Å². The Morgan fingerprint density at radius 3 is 2.91 bits per heavy atom.